The Morgan fingerprint density at radius 2 is 1.96 bits per heavy atom. The standard InChI is InChI=1S/C17H20N4O2/c1-10(2)23-16(22)14-12(4)20-17-18-9-19-21(17)15(14)13-7-5-11(3)6-8-13/h5-10,15H,1-4H3,(H,18,19,20). The average Bonchev–Trinajstić information content (AvgIpc) is 2.93. The van der Waals surface area contributed by atoms with E-state index in [0.29, 0.717) is 11.5 Å². The lowest BCUT2D eigenvalue weighted by atomic mass is 9.95. The molecule has 1 aliphatic heterocycles. The number of aryl methyl sites for hydroxylation is 1. The van der Waals surface area contributed by atoms with Gasteiger partial charge in [-0.2, -0.15) is 10.1 Å². The molecule has 1 N–H and O–H groups in total. The highest BCUT2D eigenvalue weighted by molar-refractivity contribution is 5.92. The lowest BCUT2D eigenvalue weighted by Crippen LogP contribution is -2.30. The van der Waals surface area contributed by atoms with Crippen molar-refractivity contribution in [3.05, 3.63) is 53.0 Å². The van der Waals surface area contributed by atoms with Crippen molar-refractivity contribution in [3.63, 3.8) is 0 Å². The molecule has 2 heterocycles. The van der Waals surface area contributed by atoms with Gasteiger partial charge in [0, 0.05) is 5.70 Å². The number of esters is 1. The number of carbonyl (C=O) groups excluding carboxylic acids is 1. The summed E-state index contributed by atoms with van der Waals surface area (Å²) >= 11 is 0. The fourth-order valence-corrected chi connectivity index (χ4v) is 2.69. The van der Waals surface area contributed by atoms with E-state index in [1.165, 1.54) is 6.33 Å². The number of hydrogen-bond acceptors (Lipinski definition) is 5. The third-order valence-electron chi connectivity index (χ3n) is 3.75. The Morgan fingerprint density at radius 1 is 1.26 bits per heavy atom. The summed E-state index contributed by atoms with van der Waals surface area (Å²) in [5.41, 5.74) is 3.43. The molecule has 6 nitrogen and oxygen atoms in total. The van der Waals surface area contributed by atoms with Gasteiger partial charge in [-0.05, 0) is 33.3 Å². The molecule has 0 bridgehead atoms. The fraction of sp³-hybridized carbons (Fsp3) is 0.353. The molecule has 1 atom stereocenters. The van der Waals surface area contributed by atoms with Crippen molar-refractivity contribution >= 4 is 11.9 Å². The van der Waals surface area contributed by atoms with Crippen molar-refractivity contribution < 1.29 is 9.53 Å². The molecular formula is C17H20N4O2. The molecule has 0 fully saturated rings. The second kappa shape index (κ2) is 5.87. The first-order valence-corrected chi connectivity index (χ1v) is 7.62. The minimum atomic E-state index is -0.347. The van der Waals surface area contributed by atoms with Gasteiger partial charge in [0.1, 0.15) is 12.4 Å². The highest BCUT2D eigenvalue weighted by Crippen LogP contribution is 2.35. The molecule has 6 heteroatoms. The molecule has 1 aromatic heterocycles. The number of nitrogens with zero attached hydrogens (tertiary/aromatic N) is 3. The summed E-state index contributed by atoms with van der Waals surface area (Å²) in [6.07, 6.45) is 1.30. The highest BCUT2D eigenvalue weighted by Gasteiger charge is 2.34. The van der Waals surface area contributed by atoms with E-state index < -0.39 is 0 Å². The van der Waals surface area contributed by atoms with E-state index in [-0.39, 0.29) is 18.1 Å². The largest absolute Gasteiger partial charge is 0.459 e. The number of benzene rings is 1. The molecular weight excluding hydrogens is 292 g/mol. The number of rotatable bonds is 3. The maximum atomic E-state index is 12.6. The minimum Gasteiger partial charge on any atom is -0.459 e. The summed E-state index contributed by atoms with van der Waals surface area (Å²) in [6.45, 7) is 7.57. The van der Waals surface area contributed by atoms with Crippen LogP contribution in [0.25, 0.3) is 0 Å². The Morgan fingerprint density at radius 3 is 2.61 bits per heavy atom. The van der Waals surface area contributed by atoms with Gasteiger partial charge in [0.25, 0.3) is 0 Å². The van der Waals surface area contributed by atoms with Crippen LogP contribution in [-0.4, -0.2) is 26.8 Å². The first kappa shape index (κ1) is 15.3. The van der Waals surface area contributed by atoms with Crippen molar-refractivity contribution in [2.75, 3.05) is 5.32 Å². The van der Waals surface area contributed by atoms with Crippen LogP contribution in [0.2, 0.25) is 0 Å². The maximum absolute atomic E-state index is 12.6. The number of aromatic nitrogens is 3. The number of fused-ring (bicyclic) bond motifs is 1. The Bertz CT molecular complexity index is 759. The van der Waals surface area contributed by atoms with Gasteiger partial charge in [-0.1, -0.05) is 29.8 Å². The van der Waals surface area contributed by atoms with Crippen LogP contribution in [0.3, 0.4) is 0 Å². The zero-order valence-electron chi connectivity index (χ0n) is 13.7. The third kappa shape index (κ3) is 2.84. The van der Waals surface area contributed by atoms with Crippen molar-refractivity contribution in [3.8, 4) is 0 Å². The molecule has 0 amide bonds. The monoisotopic (exact) mass is 312 g/mol. The Balaban J connectivity index is 2.10. The van der Waals surface area contributed by atoms with Crippen LogP contribution >= 0.6 is 0 Å². The average molecular weight is 312 g/mol. The molecule has 1 aromatic carbocycles. The first-order valence-electron chi connectivity index (χ1n) is 7.62. The summed E-state index contributed by atoms with van der Waals surface area (Å²) in [5.74, 6) is 0.283. The number of anilines is 1. The molecule has 1 unspecified atom stereocenters. The quantitative estimate of drug-likeness (QED) is 0.883. The van der Waals surface area contributed by atoms with Crippen LogP contribution in [-0.2, 0) is 9.53 Å². The zero-order valence-corrected chi connectivity index (χ0v) is 13.7. The van der Waals surface area contributed by atoms with Crippen LogP contribution in [0.4, 0.5) is 5.95 Å². The second-order valence-corrected chi connectivity index (χ2v) is 5.96. The first-order chi connectivity index (χ1) is 11.0. The molecule has 0 spiro atoms. The van der Waals surface area contributed by atoms with E-state index >= 15 is 0 Å². The Kier molecular flexibility index (Phi) is 3.90. The van der Waals surface area contributed by atoms with E-state index in [0.717, 1.165) is 16.8 Å². The Hall–Kier alpha value is -2.63. The number of nitrogens with one attached hydrogen (secondary N) is 1. The lowest BCUT2D eigenvalue weighted by molar-refractivity contribution is -0.143. The van der Waals surface area contributed by atoms with Crippen LogP contribution in [0.1, 0.15) is 37.9 Å². The van der Waals surface area contributed by atoms with Gasteiger partial charge in [0.2, 0.25) is 5.95 Å². The smallest absolute Gasteiger partial charge is 0.338 e. The zero-order chi connectivity index (χ0) is 16.6. The van der Waals surface area contributed by atoms with E-state index in [2.05, 4.69) is 15.4 Å². The predicted molar refractivity (Wildman–Crippen MR) is 86.9 cm³/mol. The second-order valence-electron chi connectivity index (χ2n) is 5.96. The maximum Gasteiger partial charge on any atom is 0.338 e. The molecule has 0 saturated carbocycles. The molecule has 23 heavy (non-hydrogen) atoms. The van der Waals surface area contributed by atoms with Crippen molar-refractivity contribution in [1.82, 2.24) is 14.8 Å². The summed E-state index contributed by atoms with van der Waals surface area (Å²) in [7, 11) is 0. The molecule has 0 saturated heterocycles. The molecule has 3 rings (SSSR count). The van der Waals surface area contributed by atoms with E-state index in [9.17, 15) is 4.79 Å². The van der Waals surface area contributed by atoms with Gasteiger partial charge in [0.15, 0.2) is 0 Å². The lowest BCUT2D eigenvalue weighted by Gasteiger charge is -2.28. The molecule has 120 valence electrons. The molecule has 0 radical (unpaired) electrons. The van der Waals surface area contributed by atoms with Crippen molar-refractivity contribution in [2.45, 2.75) is 39.8 Å². The molecule has 2 aromatic rings. The van der Waals surface area contributed by atoms with Gasteiger partial charge < -0.3 is 10.1 Å². The van der Waals surface area contributed by atoms with Crippen molar-refractivity contribution in [2.24, 2.45) is 0 Å². The van der Waals surface area contributed by atoms with Gasteiger partial charge in [-0.3, -0.25) is 0 Å². The summed E-state index contributed by atoms with van der Waals surface area (Å²) < 4.78 is 7.15. The van der Waals surface area contributed by atoms with Gasteiger partial charge in [-0.15, -0.1) is 0 Å². The minimum absolute atomic E-state index is 0.182. The number of hydrogen-bond donors (Lipinski definition) is 1. The number of allylic oxidation sites excluding steroid dienone is 1. The van der Waals surface area contributed by atoms with Crippen LogP contribution in [0, 0.1) is 6.92 Å². The summed E-state index contributed by atoms with van der Waals surface area (Å²) in [5, 5.41) is 7.41. The number of ether oxygens (including phenoxy) is 1. The van der Waals surface area contributed by atoms with Crippen molar-refractivity contribution in [1.29, 1.82) is 0 Å². The Labute approximate surface area is 135 Å². The summed E-state index contributed by atoms with van der Waals surface area (Å²) in [6, 6.07) is 7.71. The van der Waals surface area contributed by atoms with E-state index in [4.69, 9.17) is 4.74 Å². The van der Waals surface area contributed by atoms with Crippen LogP contribution in [0.15, 0.2) is 41.9 Å². The van der Waals surface area contributed by atoms with Gasteiger partial charge >= 0.3 is 5.97 Å². The number of carbonyl (C=O) groups is 1. The van der Waals surface area contributed by atoms with Gasteiger partial charge in [0.05, 0.1) is 11.7 Å². The van der Waals surface area contributed by atoms with Gasteiger partial charge in [-0.25, -0.2) is 9.48 Å². The fourth-order valence-electron chi connectivity index (χ4n) is 2.69. The third-order valence-corrected chi connectivity index (χ3v) is 3.75. The van der Waals surface area contributed by atoms with Crippen LogP contribution in [0.5, 0.6) is 0 Å². The topological polar surface area (TPSA) is 69.0 Å². The van der Waals surface area contributed by atoms with Crippen LogP contribution < -0.4 is 5.32 Å². The SMILES string of the molecule is CC1=C(C(=O)OC(C)C)C(c2ccc(C)cc2)n2ncnc2N1. The van der Waals surface area contributed by atoms with E-state index in [1.54, 1.807) is 4.68 Å². The highest BCUT2D eigenvalue weighted by atomic mass is 16.5. The summed E-state index contributed by atoms with van der Waals surface area (Å²) in [4.78, 5) is 16.8. The molecule has 0 aliphatic carbocycles. The molecule has 1 aliphatic rings. The van der Waals surface area contributed by atoms with E-state index in [1.807, 2.05) is 52.0 Å². The predicted octanol–water partition coefficient (Wildman–Crippen LogP) is 2.83. The normalized spacial score (nSPS) is 17.0.